The normalized spacial score (nSPS) is 28.5. The summed E-state index contributed by atoms with van der Waals surface area (Å²) in [6.07, 6.45) is 5.68. The Bertz CT molecular complexity index is 900. The Kier molecular flexibility index (Phi) is 4.43. The highest BCUT2D eigenvalue weighted by Gasteiger charge is 2.49. The van der Waals surface area contributed by atoms with Crippen molar-refractivity contribution in [3.8, 4) is 11.5 Å². The van der Waals surface area contributed by atoms with E-state index < -0.39 is 0 Å². The molecule has 0 aromatic heterocycles. The number of ether oxygens (including phenoxy) is 3. The Balaban J connectivity index is 1.41. The van der Waals surface area contributed by atoms with Gasteiger partial charge in [-0.3, -0.25) is 0 Å². The Labute approximate surface area is 174 Å². The summed E-state index contributed by atoms with van der Waals surface area (Å²) in [6, 6.07) is 15.2. The Morgan fingerprint density at radius 2 is 1.69 bits per heavy atom. The standard InChI is InChI=1S/C26H32O3/c1-25(2)16-18-11-14-20-23-21(26(3,4)29-24(20)22(18)28-25)15-13-19(27-23)12-10-17-8-6-5-7-9-17/h5-9,11,14,19,21,23H,10,12-13,15-16H2,1-4H3/t19-,21-,23+/m0/s1. The number of benzene rings is 2. The van der Waals surface area contributed by atoms with Crippen LogP contribution in [0.25, 0.3) is 0 Å². The summed E-state index contributed by atoms with van der Waals surface area (Å²) in [5, 5.41) is 0. The predicted molar refractivity (Wildman–Crippen MR) is 115 cm³/mol. The van der Waals surface area contributed by atoms with Crippen molar-refractivity contribution < 1.29 is 14.2 Å². The molecule has 0 spiro atoms. The molecule has 1 saturated heterocycles. The Morgan fingerprint density at radius 1 is 0.897 bits per heavy atom. The fourth-order valence-corrected chi connectivity index (χ4v) is 5.38. The fourth-order valence-electron chi connectivity index (χ4n) is 5.38. The second kappa shape index (κ2) is 6.77. The highest BCUT2D eigenvalue weighted by atomic mass is 16.6. The largest absolute Gasteiger partial charge is 0.483 e. The zero-order valence-corrected chi connectivity index (χ0v) is 18.0. The van der Waals surface area contributed by atoms with Gasteiger partial charge in [-0.2, -0.15) is 0 Å². The zero-order chi connectivity index (χ0) is 20.2. The van der Waals surface area contributed by atoms with Crippen LogP contribution in [0.1, 0.15) is 69.8 Å². The lowest BCUT2D eigenvalue weighted by atomic mass is 9.74. The summed E-state index contributed by atoms with van der Waals surface area (Å²) in [5.41, 5.74) is 3.38. The van der Waals surface area contributed by atoms with Crippen molar-refractivity contribution in [1.29, 1.82) is 0 Å². The van der Waals surface area contributed by atoms with Crippen LogP contribution >= 0.6 is 0 Å². The van der Waals surface area contributed by atoms with Gasteiger partial charge in [0.2, 0.25) is 0 Å². The van der Waals surface area contributed by atoms with E-state index in [9.17, 15) is 0 Å². The predicted octanol–water partition coefficient (Wildman–Crippen LogP) is 6.04. The molecule has 0 unspecified atom stereocenters. The molecule has 3 heteroatoms. The monoisotopic (exact) mass is 392 g/mol. The Hall–Kier alpha value is -2.00. The van der Waals surface area contributed by atoms with Crippen molar-refractivity contribution in [3.05, 3.63) is 59.2 Å². The molecule has 3 aliphatic rings. The molecule has 2 aromatic carbocycles. The van der Waals surface area contributed by atoms with E-state index in [0.29, 0.717) is 12.0 Å². The molecule has 3 atom stereocenters. The summed E-state index contributed by atoms with van der Waals surface area (Å²) in [6.45, 7) is 8.71. The third-order valence-corrected chi connectivity index (χ3v) is 6.89. The van der Waals surface area contributed by atoms with E-state index >= 15 is 0 Å². The quantitative estimate of drug-likeness (QED) is 0.637. The molecule has 2 aromatic rings. The second-order valence-electron chi connectivity index (χ2n) is 10.1. The Morgan fingerprint density at radius 3 is 2.48 bits per heavy atom. The van der Waals surface area contributed by atoms with Gasteiger partial charge in [-0.05, 0) is 58.9 Å². The molecule has 29 heavy (non-hydrogen) atoms. The first kappa shape index (κ1) is 19.0. The van der Waals surface area contributed by atoms with E-state index in [1.807, 2.05) is 0 Å². The van der Waals surface area contributed by atoms with Gasteiger partial charge in [0.25, 0.3) is 0 Å². The highest BCUT2D eigenvalue weighted by molar-refractivity contribution is 5.57. The molecule has 154 valence electrons. The molecular weight excluding hydrogens is 360 g/mol. The van der Waals surface area contributed by atoms with Crippen molar-refractivity contribution in [2.45, 2.75) is 83.2 Å². The number of aryl methyl sites for hydroxylation is 1. The van der Waals surface area contributed by atoms with Gasteiger partial charge in [0.15, 0.2) is 11.5 Å². The van der Waals surface area contributed by atoms with Gasteiger partial charge in [-0.1, -0.05) is 42.5 Å². The van der Waals surface area contributed by atoms with Crippen LogP contribution < -0.4 is 9.47 Å². The van der Waals surface area contributed by atoms with Crippen molar-refractivity contribution >= 4 is 0 Å². The molecule has 3 aliphatic heterocycles. The fraction of sp³-hybridized carbons (Fsp3) is 0.538. The summed E-state index contributed by atoms with van der Waals surface area (Å²) >= 11 is 0. The highest BCUT2D eigenvalue weighted by Crippen LogP contribution is 2.56. The van der Waals surface area contributed by atoms with Crippen molar-refractivity contribution in [2.24, 2.45) is 5.92 Å². The molecule has 0 N–H and O–H groups in total. The second-order valence-corrected chi connectivity index (χ2v) is 10.1. The topological polar surface area (TPSA) is 27.7 Å². The molecule has 0 bridgehead atoms. The van der Waals surface area contributed by atoms with Crippen LogP contribution in [0.4, 0.5) is 0 Å². The lowest BCUT2D eigenvalue weighted by molar-refractivity contribution is -0.151. The first-order valence-corrected chi connectivity index (χ1v) is 11.1. The first-order valence-electron chi connectivity index (χ1n) is 11.1. The number of hydrogen-bond donors (Lipinski definition) is 0. The summed E-state index contributed by atoms with van der Waals surface area (Å²) in [5.74, 6) is 2.23. The maximum absolute atomic E-state index is 6.75. The minimum atomic E-state index is -0.257. The van der Waals surface area contributed by atoms with E-state index in [2.05, 4.69) is 70.2 Å². The SMILES string of the molecule is CC1(C)Cc2ccc3c(c2O1)OC(C)(C)[C@H]1CC[C@H](CCc2ccccc2)O[C@H]31. The minimum absolute atomic E-state index is 0.0842. The van der Waals surface area contributed by atoms with Crippen molar-refractivity contribution in [2.75, 3.05) is 0 Å². The third kappa shape index (κ3) is 3.44. The zero-order valence-electron chi connectivity index (χ0n) is 18.0. The molecule has 3 heterocycles. The maximum Gasteiger partial charge on any atom is 0.168 e. The average Bonchev–Trinajstić information content (AvgIpc) is 3.01. The lowest BCUT2D eigenvalue weighted by Crippen LogP contribution is -2.48. The van der Waals surface area contributed by atoms with Gasteiger partial charge in [0.05, 0.1) is 12.2 Å². The molecule has 0 amide bonds. The molecule has 5 rings (SSSR count). The molecule has 0 saturated carbocycles. The van der Waals surface area contributed by atoms with Gasteiger partial charge in [-0.15, -0.1) is 0 Å². The van der Waals surface area contributed by atoms with Gasteiger partial charge >= 0.3 is 0 Å². The van der Waals surface area contributed by atoms with Gasteiger partial charge in [0.1, 0.15) is 11.2 Å². The lowest BCUT2D eigenvalue weighted by Gasteiger charge is -2.49. The van der Waals surface area contributed by atoms with Crippen LogP contribution in [-0.2, 0) is 17.6 Å². The van der Waals surface area contributed by atoms with Crippen LogP contribution in [0.15, 0.2) is 42.5 Å². The maximum atomic E-state index is 6.75. The van der Waals surface area contributed by atoms with Crippen molar-refractivity contribution in [3.63, 3.8) is 0 Å². The van der Waals surface area contributed by atoms with Crippen LogP contribution in [0.5, 0.6) is 11.5 Å². The van der Waals surface area contributed by atoms with Crippen LogP contribution in [0.2, 0.25) is 0 Å². The number of fused-ring (bicyclic) bond motifs is 5. The van der Waals surface area contributed by atoms with Gasteiger partial charge in [0, 0.05) is 23.5 Å². The van der Waals surface area contributed by atoms with E-state index in [4.69, 9.17) is 14.2 Å². The van der Waals surface area contributed by atoms with E-state index in [1.54, 1.807) is 0 Å². The molecular formula is C26H32O3. The molecule has 1 fully saturated rings. The summed E-state index contributed by atoms with van der Waals surface area (Å²) < 4.78 is 19.7. The van der Waals surface area contributed by atoms with E-state index in [1.165, 1.54) is 16.7 Å². The van der Waals surface area contributed by atoms with Crippen LogP contribution in [-0.4, -0.2) is 17.3 Å². The summed E-state index contributed by atoms with van der Waals surface area (Å²) in [4.78, 5) is 0. The van der Waals surface area contributed by atoms with Gasteiger partial charge < -0.3 is 14.2 Å². The molecule has 0 aliphatic carbocycles. The number of rotatable bonds is 3. The third-order valence-electron chi connectivity index (χ3n) is 6.89. The smallest absolute Gasteiger partial charge is 0.168 e. The average molecular weight is 393 g/mol. The van der Waals surface area contributed by atoms with E-state index in [0.717, 1.165) is 43.6 Å². The summed E-state index contributed by atoms with van der Waals surface area (Å²) in [7, 11) is 0. The first-order chi connectivity index (χ1) is 13.8. The minimum Gasteiger partial charge on any atom is -0.483 e. The van der Waals surface area contributed by atoms with Crippen LogP contribution in [0.3, 0.4) is 0 Å². The number of hydrogen-bond acceptors (Lipinski definition) is 3. The van der Waals surface area contributed by atoms with Crippen molar-refractivity contribution in [1.82, 2.24) is 0 Å². The molecule has 0 radical (unpaired) electrons. The van der Waals surface area contributed by atoms with E-state index in [-0.39, 0.29) is 17.3 Å². The van der Waals surface area contributed by atoms with Crippen LogP contribution in [0, 0.1) is 5.92 Å². The van der Waals surface area contributed by atoms with Gasteiger partial charge in [-0.25, -0.2) is 0 Å². The molecule has 3 nitrogen and oxygen atoms in total.